The van der Waals surface area contributed by atoms with Gasteiger partial charge in [0.1, 0.15) is 11.6 Å². The Morgan fingerprint density at radius 2 is 2.08 bits per heavy atom. The molecule has 0 bridgehead atoms. The highest BCUT2D eigenvalue weighted by atomic mass is 79.9. The van der Waals surface area contributed by atoms with Gasteiger partial charge in [-0.3, -0.25) is 9.48 Å². The Morgan fingerprint density at radius 3 is 2.80 bits per heavy atom. The molecule has 1 aromatic heterocycles. The first-order chi connectivity index (χ1) is 11.9. The van der Waals surface area contributed by atoms with Gasteiger partial charge in [0.15, 0.2) is 0 Å². The maximum atomic E-state index is 14.1. The number of nitrogens with one attached hydrogen (secondary N) is 1. The second kappa shape index (κ2) is 7.06. The zero-order valence-electron chi connectivity index (χ0n) is 13.3. The summed E-state index contributed by atoms with van der Waals surface area (Å²) in [6, 6.07) is 9.25. The first-order valence-electron chi connectivity index (χ1n) is 7.48. The summed E-state index contributed by atoms with van der Waals surface area (Å²) in [6.45, 7) is 0.00468. The summed E-state index contributed by atoms with van der Waals surface area (Å²) in [5, 5.41) is 16.5. The van der Waals surface area contributed by atoms with Gasteiger partial charge in [-0.05, 0) is 35.9 Å². The topological polar surface area (TPSA) is 67.2 Å². The zero-order chi connectivity index (χ0) is 18.0. The molecule has 1 amide bonds. The maximum absolute atomic E-state index is 14.1. The third-order valence-electron chi connectivity index (χ3n) is 3.73. The fraction of sp³-hybridized carbons (Fsp3) is 0.111. The number of nitrogens with zero attached hydrogens (tertiary/aromatic N) is 2. The van der Waals surface area contributed by atoms with E-state index in [0.717, 1.165) is 11.1 Å². The van der Waals surface area contributed by atoms with Crippen molar-refractivity contribution in [1.82, 2.24) is 15.1 Å². The molecule has 0 unspecified atom stereocenters. The molecule has 0 saturated carbocycles. The van der Waals surface area contributed by atoms with Crippen LogP contribution in [0.15, 0.2) is 53.3 Å². The molecule has 1 heterocycles. The van der Waals surface area contributed by atoms with E-state index in [1.807, 2.05) is 6.20 Å². The number of halogens is 2. The molecule has 5 nitrogen and oxygen atoms in total. The summed E-state index contributed by atoms with van der Waals surface area (Å²) in [5.74, 6) is -1.03. The largest absolute Gasteiger partial charge is 0.507 e. The van der Waals surface area contributed by atoms with Gasteiger partial charge in [-0.25, -0.2) is 4.39 Å². The monoisotopic (exact) mass is 403 g/mol. The standard InChI is InChI=1S/C18H15BrFN3O2/c1-23-10-13(9-22-23)11-2-4-16(20)12(6-11)8-21-18(25)15-7-14(19)3-5-17(15)24/h2-7,9-10,24H,8H2,1H3,(H,21,25). The van der Waals surface area contributed by atoms with Gasteiger partial charge < -0.3 is 10.4 Å². The molecule has 128 valence electrons. The van der Waals surface area contributed by atoms with Gasteiger partial charge in [-0.15, -0.1) is 0 Å². The number of phenols is 1. The normalized spacial score (nSPS) is 10.7. The molecule has 7 heteroatoms. The van der Waals surface area contributed by atoms with Gasteiger partial charge in [0.05, 0.1) is 11.8 Å². The van der Waals surface area contributed by atoms with Gasteiger partial charge in [0.25, 0.3) is 5.91 Å². The highest BCUT2D eigenvalue weighted by Crippen LogP contribution is 2.23. The lowest BCUT2D eigenvalue weighted by molar-refractivity contribution is 0.0948. The number of benzene rings is 2. The van der Waals surface area contributed by atoms with Crippen molar-refractivity contribution >= 4 is 21.8 Å². The molecule has 2 N–H and O–H groups in total. The van der Waals surface area contributed by atoms with Gasteiger partial charge in [-0.1, -0.05) is 22.0 Å². The Labute approximate surface area is 152 Å². The predicted molar refractivity (Wildman–Crippen MR) is 95.6 cm³/mol. The van der Waals surface area contributed by atoms with Crippen molar-refractivity contribution in [3.8, 4) is 16.9 Å². The maximum Gasteiger partial charge on any atom is 0.255 e. The Bertz CT molecular complexity index is 940. The second-order valence-electron chi connectivity index (χ2n) is 5.55. The predicted octanol–water partition coefficient (Wildman–Crippen LogP) is 3.62. The van der Waals surface area contributed by atoms with Crippen LogP contribution in [0.5, 0.6) is 5.75 Å². The fourth-order valence-corrected chi connectivity index (χ4v) is 2.78. The summed E-state index contributed by atoms with van der Waals surface area (Å²) in [7, 11) is 1.80. The number of aromatic nitrogens is 2. The average molecular weight is 404 g/mol. The van der Waals surface area contributed by atoms with E-state index in [-0.39, 0.29) is 17.9 Å². The number of aryl methyl sites for hydroxylation is 1. The number of rotatable bonds is 4. The third kappa shape index (κ3) is 3.88. The van der Waals surface area contributed by atoms with E-state index in [1.165, 1.54) is 18.2 Å². The van der Waals surface area contributed by atoms with Crippen LogP contribution in [0, 0.1) is 5.82 Å². The Balaban J connectivity index is 1.78. The molecule has 0 atom stereocenters. The summed E-state index contributed by atoms with van der Waals surface area (Å²) < 4.78 is 16.4. The molecular formula is C18H15BrFN3O2. The third-order valence-corrected chi connectivity index (χ3v) is 4.22. The van der Waals surface area contributed by atoms with E-state index in [2.05, 4.69) is 26.3 Å². The molecule has 0 fully saturated rings. The van der Waals surface area contributed by atoms with Gasteiger partial charge in [0.2, 0.25) is 0 Å². The highest BCUT2D eigenvalue weighted by molar-refractivity contribution is 9.10. The second-order valence-corrected chi connectivity index (χ2v) is 6.47. The molecule has 0 saturated heterocycles. The van der Waals surface area contributed by atoms with Crippen molar-refractivity contribution in [3.63, 3.8) is 0 Å². The SMILES string of the molecule is Cn1cc(-c2ccc(F)c(CNC(=O)c3cc(Br)ccc3O)c2)cn1. The van der Waals surface area contributed by atoms with Crippen LogP contribution in [-0.2, 0) is 13.6 Å². The number of phenolic OH excluding ortho intramolecular Hbond substituents is 1. The Hall–Kier alpha value is -2.67. The minimum Gasteiger partial charge on any atom is -0.507 e. The molecular weight excluding hydrogens is 389 g/mol. The molecule has 25 heavy (non-hydrogen) atoms. The summed E-state index contributed by atoms with van der Waals surface area (Å²) >= 11 is 3.25. The van der Waals surface area contributed by atoms with E-state index in [4.69, 9.17) is 0 Å². The molecule has 0 aliphatic heterocycles. The van der Waals surface area contributed by atoms with Crippen LogP contribution in [0.25, 0.3) is 11.1 Å². The molecule has 3 rings (SSSR count). The number of hydrogen-bond donors (Lipinski definition) is 2. The van der Waals surface area contributed by atoms with Crippen LogP contribution in [0.3, 0.4) is 0 Å². The summed E-state index contributed by atoms with van der Waals surface area (Å²) in [5.41, 5.74) is 2.14. The van der Waals surface area contributed by atoms with Gasteiger partial charge in [-0.2, -0.15) is 5.10 Å². The van der Waals surface area contributed by atoms with Crippen molar-refractivity contribution in [2.24, 2.45) is 7.05 Å². The number of hydrogen-bond acceptors (Lipinski definition) is 3. The highest BCUT2D eigenvalue weighted by Gasteiger charge is 2.13. The van der Waals surface area contributed by atoms with E-state index >= 15 is 0 Å². The lowest BCUT2D eigenvalue weighted by atomic mass is 10.1. The molecule has 2 aromatic carbocycles. The number of carbonyl (C=O) groups is 1. The molecule has 0 aliphatic carbocycles. The lowest BCUT2D eigenvalue weighted by Crippen LogP contribution is -2.23. The number of aromatic hydroxyl groups is 1. The zero-order valence-corrected chi connectivity index (χ0v) is 14.9. The lowest BCUT2D eigenvalue weighted by Gasteiger charge is -2.09. The van der Waals surface area contributed by atoms with Crippen LogP contribution >= 0.6 is 15.9 Å². The molecule has 0 radical (unpaired) electrons. The first kappa shape index (κ1) is 17.2. The smallest absolute Gasteiger partial charge is 0.255 e. The van der Waals surface area contributed by atoms with Crippen LogP contribution in [0.1, 0.15) is 15.9 Å². The first-order valence-corrected chi connectivity index (χ1v) is 8.27. The van der Waals surface area contributed by atoms with Crippen LogP contribution in [0.4, 0.5) is 4.39 Å². The minimum absolute atomic E-state index is 0.00468. The van der Waals surface area contributed by atoms with Crippen molar-refractivity contribution in [2.45, 2.75) is 6.54 Å². The molecule has 0 spiro atoms. The molecule has 3 aromatic rings. The van der Waals surface area contributed by atoms with E-state index in [9.17, 15) is 14.3 Å². The van der Waals surface area contributed by atoms with E-state index in [0.29, 0.717) is 10.0 Å². The number of carbonyl (C=O) groups excluding carboxylic acids is 1. The number of amides is 1. The minimum atomic E-state index is -0.481. The van der Waals surface area contributed by atoms with Crippen LogP contribution in [0.2, 0.25) is 0 Å². The van der Waals surface area contributed by atoms with E-state index in [1.54, 1.807) is 36.1 Å². The average Bonchev–Trinajstić information content (AvgIpc) is 3.02. The van der Waals surface area contributed by atoms with Gasteiger partial charge >= 0.3 is 0 Å². The Morgan fingerprint density at radius 1 is 1.28 bits per heavy atom. The van der Waals surface area contributed by atoms with Crippen molar-refractivity contribution in [1.29, 1.82) is 0 Å². The van der Waals surface area contributed by atoms with E-state index < -0.39 is 11.7 Å². The Kier molecular flexibility index (Phi) is 4.85. The molecule has 0 aliphatic rings. The van der Waals surface area contributed by atoms with Crippen LogP contribution < -0.4 is 5.32 Å². The summed E-state index contributed by atoms with van der Waals surface area (Å²) in [4.78, 5) is 12.2. The van der Waals surface area contributed by atoms with Crippen molar-refractivity contribution in [2.75, 3.05) is 0 Å². The van der Waals surface area contributed by atoms with Gasteiger partial charge in [0, 0.05) is 35.4 Å². The fourth-order valence-electron chi connectivity index (χ4n) is 2.42. The van der Waals surface area contributed by atoms with Crippen LogP contribution in [-0.4, -0.2) is 20.8 Å². The van der Waals surface area contributed by atoms with Crippen molar-refractivity contribution < 1.29 is 14.3 Å². The summed E-state index contributed by atoms with van der Waals surface area (Å²) in [6.07, 6.45) is 3.52. The van der Waals surface area contributed by atoms with Crippen molar-refractivity contribution in [3.05, 3.63) is 70.2 Å². The quantitative estimate of drug-likeness (QED) is 0.698.